The van der Waals surface area contributed by atoms with Gasteiger partial charge in [-0.05, 0) is 68.7 Å². The van der Waals surface area contributed by atoms with Crippen molar-refractivity contribution < 1.29 is 14.3 Å². The lowest BCUT2D eigenvalue weighted by molar-refractivity contribution is 0.0532. The normalized spacial score (nSPS) is 17.4. The second-order valence-corrected chi connectivity index (χ2v) is 9.64. The average Bonchev–Trinajstić information content (AvgIpc) is 3.35. The summed E-state index contributed by atoms with van der Waals surface area (Å²) in [6.07, 6.45) is 7.50. The summed E-state index contributed by atoms with van der Waals surface area (Å²) in [5.41, 5.74) is -0.377. The molecule has 2 aromatic heterocycles. The Balaban J connectivity index is 1.48. The topological polar surface area (TPSA) is 117 Å². The van der Waals surface area contributed by atoms with Gasteiger partial charge in [-0.2, -0.15) is 4.98 Å². The molecule has 1 fully saturated rings. The summed E-state index contributed by atoms with van der Waals surface area (Å²) in [4.78, 5) is 45.5. The standard InChI is InChI=1S/C25H29N5O5S/c1-4-16-6-8-17(9-7-16)15-30-22(28-23(32)29(3)25(30)33)27-18-10-12-19(13-11-18)35-24-26-14-20(36-24)21(31)34-5-2/h4,10-14,16-17H,1,5-9,15H2,2-3H3,(H,27,28,32). The number of hydrogen-bond acceptors (Lipinski definition) is 9. The zero-order valence-corrected chi connectivity index (χ0v) is 21.1. The number of ether oxygens (including phenoxy) is 2. The van der Waals surface area contributed by atoms with Crippen LogP contribution in [0.5, 0.6) is 10.9 Å². The third kappa shape index (κ3) is 5.91. The summed E-state index contributed by atoms with van der Waals surface area (Å²) in [6, 6.07) is 6.93. The molecule has 0 radical (unpaired) electrons. The van der Waals surface area contributed by atoms with Crippen LogP contribution in [0, 0.1) is 11.8 Å². The van der Waals surface area contributed by atoms with Gasteiger partial charge >= 0.3 is 17.3 Å². The number of rotatable bonds is 9. The molecule has 2 heterocycles. The third-order valence-corrected chi connectivity index (χ3v) is 7.06. The van der Waals surface area contributed by atoms with E-state index < -0.39 is 17.3 Å². The fourth-order valence-corrected chi connectivity index (χ4v) is 4.82. The van der Waals surface area contributed by atoms with E-state index in [1.165, 1.54) is 17.8 Å². The average molecular weight is 512 g/mol. The molecule has 0 atom stereocenters. The minimum Gasteiger partial charge on any atom is -0.462 e. The van der Waals surface area contributed by atoms with Crippen LogP contribution in [-0.2, 0) is 18.3 Å². The molecule has 1 aliphatic rings. The number of carbonyl (C=O) groups excluding carboxylic acids is 1. The molecule has 1 N–H and O–H groups in total. The van der Waals surface area contributed by atoms with Gasteiger partial charge < -0.3 is 14.8 Å². The third-order valence-electron chi connectivity index (χ3n) is 6.20. The number of nitrogens with zero attached hydrogens (tertiary/aromatic N) is 4. The maximum absolute atomic E-state index is 12.9. The molecule has 0 saturated heterocycles. The SMILES string of the molecule is C=CC1CCC(Cn2c(Nc3ccc(Oc4ncc(C(=O)OCC)s4)cc3)nc(=O)n(C)c2=O)CC1. The van der Waals surface area contributed by atoms with Gasteiger partial charge in [0.05, 0.1) is 12.8 Å². The molecular formula is C25H29N5O5S. The highest BCUT2D eigenvalue weighted by molar-refractivity contribution is 7.15. The minimum atomic E-state index is -0.616. The van der Waals surface area contributed by atoms with Crippen molar-refractivity contribution in [2.75, 3.05) is 11.9 Å². The number of anilines is 2. The van der Waals surface area contributed by atoms with Crippen LogP contribution in [-0.4, -0.2) is 31.7 Å². The molecule has 0 aliphatic heterocycles. The second kappa shape index (κ2) is 11.3. The Bertz CT molecular complexity index is 1340. The van der Waals surface area contributed by atoms with Crippen molar-refractivity contribution in [3.8, 4) is 10.9 Å². The molecule has 0 spiro atoms. The zero-order valence-electron chi connectivity index (χ0n) is 20.3. The number of hydrogen-bond donors (Lipinski definition) is 1. The maximum Gasteiger partial charge on any atom is 0.354 e. The van der Waals surface area contributed by atoms with Crippen molar-refractivity contribution in [1.29, 1.82) is 0 Å². The van der Waals surface area contributed by atoms with Gasteiger partial charge in [0.15, 0.2) is 0 Å². The highest BCUT2D eigenvalue weighted by Crippen LogP contribution is 2.31. The predicted octanol–water partition coefficient (Wildman–Crippen LogP) is 4.10. The molecule has 11 heteroatoms. The lowest BCUT2D eigenvalue weighted by Gasteiger charge is -2.27. The number of nitrogens with one attached hydrogen (secondary N) is 1. The molecule has 36 heavy (non-hydrogen) atoms. The van der Waals surface area contributed by atoms with Crippen molar-refractivity contribution in [3.63, 3.8) is 0 Å². The maximum atomic E-state index is 12.9. The number of benzene rings is 1. The van der Waals surface area contributed by atoms with E-state index in [2.05, 4.69) is 21.9 Å². The predicted molar refractivity (Wildman–Crippen MR) is 137 cm³/mol. The Morgan fingerprint density at radius 3 is 2.61 bits per heavy atom. The molecule has 190 valence electrons. The fraction of sp³-hybridized carbons (Fsp3) is 0.400. The molecule has 1 aromatic carbocycles. The first kappa shape index (κ1) is 25.4. The summed E-state index contributed by atoms with van der Waals surface area (Å²) >= 11 is 1.09. The first-order valence-electron chi connectivity index (χ1n) is 11.9. The van der Waals surface area contributed by atoms with Crippen LogP contribution in [0.4, 0.5) is 11.6 Å². The highest BCUT2D eigenvalue weighted by atomic mass is 32.1. The van der Waals surface area contributed by atoms with E-state index in [-0.39, 0.29) is 12.6 Å². The molecule has 1 saturated carbocycles. The molecule has 1 aliphatic carbocycles. The minimum absolute atomic E-state index is 0.210. The molecular weight excluding hydrogens is 482 g/mol. The summed E-state index contributed by atoms with van der Waals surface area (Å²) in [6.45, 7) is 6.40. The molecule has 0 bridgehead atoms. The van der Waals surface area contributed by atoms with Crippen LogP contribution in [0.1, 0.15) is 42.3 Å². The molecule has 3 aromatic rings. The first-order chi connectivity index (χ1) is 17.4. The van der Waals surface area contributed by atoms with E-state index in [9.17, 15) is 14.4 Å². The lowest BCUT2D eigenvalue weighted by atomic mass is 9.82. The van der Waals surface area contributed by atoms with Crippen molar-refractivity contribution in [3.05, 3.63) is 69.0 Å². The van der Waals surface area contributed by atoms with Crippen LogP contribution in [0.2, 0.25) is 0 Å². The van der Waals surface area contributed by atoms with E-state index in [1.54, 1.807) is 31.2 Å². The van der Waals surface area contributed by atoms with Gasteiger partial charge in [-0.1, -0.05) is 17.4 Å². The number of aromatic nitrogens is 4. The van der Waals surface area contributed by atoms with Gasteiger partial charge in [-0.25, -0.2) is 23.9 Å². The summed E-state index contributed by atoms with van der Waals surface area (Å²) in [7, 11) is 1.44. The monoisotopic (exact) mass is 511 g/mol. The Labute approximate surface area is 212 Å². The Morgan fingerprint density at radius 1 is 1.22 bits per heavy atom. The second-order valence-electron chi connectivity index (χ2n) is 8.65. The van der Waals surface area contributed by atoms with E-state index in [4.69, 9.17) is 9.47 Å². The molecule has 0 unspecified atom stereocenters. The van der Waals surface area contributed by atoms with E-state index in [0.717, 1.165) is 41.6 Å². The van der Waals surface area contributed by atoms with Gasteiger partial charge in [-0.3, -0.25) is 4.57 Å². The van der Waals surface area contributed by atoms with Gasteiger partial charge in [-0.15, -0.1) is 6.58 Å². The summed E-state index contributed by atoms with van der Waals surface area (Å²) in [5, 5.41) is 3.42. The molecule has 0 amide bonds. The number of allylic oxidation sites excluding steroid dienone is 1. The van der Waals surface area contributed by atoms with Gasteiger partial charge in [0.25, 0.3) is 5.19 Å². The smallest absolute Gasteiger partial charge is 0.354 e. The quantitative estimate of drug-likeness (QED) is 0.337. The van der Waals surface area contributed by atoms with Crippen molar-refractivity contribution >= 4 is 28.9 Å². The number of thiazole rings is 1. The Morgan fingerprint density at radius 2 is 1.94 bits per heavy atom. The summed E-state index contributed by atoms with van der Waals surface area (Å²) < 4.78 is 13.3. The van der Waals surface area contributed by atoms with E-state index >= 15 is 0 Å². The largest absolute Gasteiger partial charge is 0.462 e. The highest BCUT2D eigenvalue weighted by Gasteiger charge is 2.22. The van der Waals surface area contributed by atoms with Crippen LogP contribution in [0.15, 0.2) is 52.7 Å². The van der Waals surface area contributed by atoms with Gasteiger partial charge in [0, 0.05) is 19.3 Å². The van der Waals surface area contributed by atoms with Crippen molar-refractivity contribution in [2.45, 2.75) is 39.2 Å². The van der Waals surface area contributed by atoms with Gasteiger partial charge in [0.1, 0.15) is 10.6 Å². The van der Waals surface area contributed by atoms with Crippen molar-refractivity contribution in [1.82, 2.24) is 19.1 Å². The zero-order chi connectivity index (χ0) is 25.7. The fourth-order valence-electron chi connectivity index (χ4n) is 4.14. The first-order valence-corrected chi connectivity index (χ1v) is 12.7. The van der Waals surface area contributed by atoms with Crippen LogP contribution in [0.25, 0.3) is 0 Å². The van der Waals surface area contributed by atoms with Crippen molar-refractivity contribution in [2.24, 2.45) is 18.9 Å². The van der Waals surface area contributed by atoms with E-state index in [1.807, 2.05) is 6.08 Å². The molecule has 4 rings (SSSR count). The molecule has 10 nitrogen and oxygen atoms in total. The summed E-state index contributed by atoms with van der Waals surface area (Å²) in [5.74, 6) is 1.13. The Kier molecular flexibility index (Phi) is 7.99. The van der Waals surface area contributed by atoms with Crippen LogP contribution < -0.4 is 21.4 Å². The van der Waals surface area contributed by atoms with E-state index in [0.29, 0.717) is 39.9 Å². The lowest BCUT2D eigenvalue weighted by Crippen LogP contribution is -2.42. The number of carbonyl (C=O) groups is 1. The Hall–Kier alpha value is -3.73. The van der Waals surface area contributed by atoms with Crippen LogP contribution >= 0.6 is 11.3 Å². The van der Waals surface area contributed by atoms with Crippen LogP contribution in [0.3, 0.4) is 0 Å². The number of esters is 1. The van der Waals surface area contributed by atoms with Gasteiger partial charge in [0.2, 0.25) is 5.95 Å².